The highest BCUT2D eigenvalue weighted by Crippen LogP contribution is 2.37. The lowest BCUT2D eigenvalue weighted by molar-refractivity contribution is -0.158. The molecule has 168 valence electrons. The van der Waals surface area contributed by atoms with Gasteiger partial charge in [0.05, 0.1) is 25.7 Å². The van der Waals surface area contributed by atoms with Gasteiger partial charge in [-0.2, -0.15) is 0 Å². The Morgan fingerprint density at radius 3 is 2.45 bits per heavy atom. The van der Waals surface area contributed by atoms with Gasteiger partial charge >= 0.3 is 5.97 Å². The molecule has 0 bridgehead atoms. The quantitative estimate of drug-likeness (QED) is 0.586. The summed E-state index contributed by atoms with van der Waals surface area (Å²) in [6.07, 6.45) is 2.19. The average molecular weight is 428 g/mol. The van der Waals surface area contributed by atoms with E-state index in [1.807, 2.05) is 37.3 Å². The molecule has 1 aliphatic rings. The van der Waals surface area contributed by atoms with E-state index in [1.165, 1.54) is 5.56 Å². The maximum Gasteiger partial charge on any atom is 0.312 e. The van der Waals surface area contributed by atoms with E-state index in [9.17, 15) is 4.79 Å². The highest BCUT2D eigenvalue weighted by atomic mass is 16.5. The van der Waals surface area contributed by atoms with Crippen LogP contribution in [0.5, 0.6) is 11.5 Å². The fourth-order valence-corrected chi connectivity index (χ4v) is 4.16. The van der Waals surface area contributed by atoms with Gasteiger partial charge in [-0.15, -0.1) is 0 Å². The van der Waals surface area contributed by atoms with Crippen molar-refractivity contribution in [2.24, 2.45) is 5.41 Å². The molecule has 1 N–H and O–H groups in total. The fraction of sp³-hybridized carbons (Fsp3) is 0.480. The third-order valence-electron chi connectivity index (χ3n) is 5.89. The Morgan fingerprint density at radius 2 is 1.81 bits per heavy atom. The number of aliphatic hydroxyl groups is 1. The van der Waals surface area contributed by atoms with E-state index in [2.05, 4.69) is 23.1 Å². The summed E-state index contributed by atoms with van der Waals surface area (Å²) >= 11 is 0. The highest BCUT2D eigenvalue weighted by molar-refractivity contribution is 5.77. The lowest BCUT2D eigenvalue weighted by atomic mass is 9.73. The van der Waals surface area contributed by atoms with Gasteiger partial charge in [-0.1, -0.05) is 24.3 Å². The molecule has 0 unspecified atom stereocenters. The summed E-state index contributed by atoms with van der Waals surface area (Å²) in [4.78, 5) is 15.3. The SMILES string of the molecule is CCOC(=O)C1(Cc2cccc(OC)c2)CCN(Cc2ccc(OCCO)cc2)CC1. The van der Waals surface area contributed by atoms with Crippen molar-refractivity contribution >= 4 is 5.97 Å². The summed E-state index contributed by atoms with van der Waals surface area (Å²) in [6.45, 7) is 5.07. The van der Waals surface area contributed by atoms with E-state index in [-0.39, 0.29) is 12.6 Å². The Balaban J connectivity index is 1.64. The number of methoxy groups -OCH3 is 1. The maximum absolute atomic E-state index is 13.0. The number of rotatable bonds is 10. The van der Waals surface area contributed by atoms with E-state index in [1.54, 1.807) is 7.11 Å². The Morgan fingerprint density at radius 1 is 1.06 bits per heavy atom. The van der Waals surface area contributed by atoms with Gasteiger partial charge in [0, 0.05) is 6.54 Å². The molecule has 1 aliphatic heterocycles. The van der Waals surface area contributed by atoms with E-state index in [0.29, 0.717) is 19.6 Å². The molecule has 6 nitrogen and oxygen atoms in total. The number of ether oxygens (including phenoxy) is 3. The molecule has 31 heavy (non-hydrogen) atoms. The zero-order valence-corrected chi connectivity index (χ0v) is 18.5. The van der Waals surface area contributed by atoms with Gasteiger partial charge in [0.1, 0.15) is 18.1 Å². The van der Waals surface area contributed by atoms with E-state index >= 15 is 0 Å². The van der Waals surface area contributed by atoms with Crippen LogP contribution in [0.2, 0.25) is 0 Å². The monoisotopic (exact) mass is 427 g/mol. The second-order valence-electron chi connectivity index (χ2n) is 8.02. The van der Waals surface area contributed by atoms with Gasteiger partial charge in [0.2, 0.25) is 0 Å². The first kappa shape index (κ1) is 23.1. The van der Waals surface area contributed by atoms with Gasteiger partial charge in [-0.25, -0.2) is 0 Å². The minimum absolute atomic E-state index is 0.00745. The van der Waals surface area contributed by atoms with Gasteiger partial charge in [-0.3, -0.25) is 9.69 Å². The van der Waals surface area contributed by atoms with Crippen molar-refractivity contribution in [1.29, 1.82) is 0 Å². The van der Waals surface area contributed by atoms with Crippen LogP contribution in [0.1, 0.15) is 30.9 Å². The summed E-state index contributed by atoms with van der Waals surface area (Å²) in [5.74, 6) is 1.47. The predicted molar refractivity (Wildman–Crippen MR) is 119 cm³/mol. The molecular formula is C25H33NO5. The normalized spacial score (nSPS) is 16.0. The molecule has 0 saturated carbocycles. The molecule has 0 spiro atoms. The van der Waals surface area contributed by atoms with Crippen LogP contribution in [-0.2, 0) is 22.5 Å². The first-order valence-corrected chi connectivity index (χ1v) is 10.9. The summed E-state index contributed by atoms with van der Waals surface area (Å²) in [7, 11) is 1.66. The summed E-state index contributed by atoms with van der Waals surface area (Å²) in [6, 6.07) is 15.9. The number of carbonyl (C=O) groups is 1. The number of esters is 1. The van der Waals surface area contributed by atoms with Crippen LogP contribution >= 0.6 is 0 Å². The lowest BCUT2D eigenvalue weighted by Gasteiger charge is -2.40. The Hall–Kier alpha value is -2.57. The molecule has 0 atom stereocenters. The molecule has 1 heterocycles. The smallest absolute Gasteiger partial charge is 0.312 e. The molecule has 0 aliphatic carbocycles. The van der Waals surface area contributed by atoms with E-state index < -0.39 is 5.41 Å². The van der Waals surface area contributed by atoms with E-state index in [0.717, 1.165) is 49.5 Å². The van der Waals surface area contributed by atoms with Crippen LogP contribution in [0.25, 0.3) is 0 Å². The molecule has 1 fully saturated rings. The fourth-order valence-electron chi connectivity index (χ4n) is 4.16. The average Bonchev–Trinajstić information content (AvgIpc) is 2.80. The highest BCUT2D eigenvalue weighted by Gasteiger charge is 2.42. The predicted octanol–water partition coefficient (Wildman–Crippen LogP) is 3.45. The van der Waals surface area contributed by atoms with Gasteiger partial charge < -0.3 is 19.3 Å². The number of piperidine rings is 1. The molecule has 0 aromatic heterocycles. The Kier molecular flexibility index (Phi) is 8.32. The molecule has 3 rings (SSSR count). The van der Waals surface area contributed by atoms with Crippen LogP contribution in [-0.4, -0.2) is 56.0 Å². The molecule has 0 radical (unpaired) electrons. The number of benzene rings is 2. The second-order valence-corrected chi connectivity index (χ2v) is 8.02. The van der Waals surface area contributed by atoms with Gasteiger partial charge in [0.15, 0.2) is 0 Å². The van der Waals surface area contributed by atoms with Crippen LogP contribution in [0.3, 0.4) is 0 Å². The van der Waals surface area contributed by atoms with Crippen molar-refractivity contribution < 1.29 is 24.1 Å². The van der Waals surface area contributed by atoms with Crippen LogP contribution in [0, 0.1) is 5.41 Å². The first-order chi connectivity index (χ1) is 15.1. The molecular weight excluding hydrogens is 394 g/mol. The number of nitrogens with zero attached hydrogens (tertiary/aromatic N) is 1. The molecule has 1 saturated heterocycles. The largest absolute Gasteiger partial charge is 0.497 e. The summed E-state index contributed by atoms with van der Waals surface area (Å²) < 4.78 is 16.3. The second kappa shape index (κ2) is 11.2. The zero-order chi connectivity index (χ0) is 22.1. The van der Waals surface area contributed by atoms with Crippen LogP contribution in [0.15, 0.2) is 48.5 Å². The van der Waals surface area contributed by atoms with Crippen molar-refractivity contribution in [3.8, 4) is 11.5 Å². The number of carbonyl (C=O) groups excluding carboxylic acids is 1. The number of likely N-dealkylation sites (tertiary alicyclic amines) is 1. The third-order valence-corrected chi connectivity index (χ3v) is 5.89. The Labute approximate surface area is 184 Å². The van der Waals surface area contributed by atoms with Crippen LogP contribution in [0.4, 0.5) is 0 Å². The number of aliphatic hydroxyl groups excluding tert-OH is 1. The first-order valence-electron chi connectivity index (χ1n) is 10.9. The third kappa shape index (κ3) is 6.21. The summed E-state index contributed by atoms with van der Waals surface area (Å²) in [5, 5.41) is 8.86. The summed E-state index contributed by atoms with van der Waals surface area (Å²) in [5.41, 5.74) is 1.80. The van der Waals surface area contributed by atoms with Crippen molar-refractivity contribution in [3.05, 3.63) is 59.7 Å². The molecule has 0 amide bonds. The number of hydrogen-bond acceptors (Lipinski definition) is 6. The lowest BCUT2D eigenvalue weighted by Crippen LogP contribution is -2.46. The molecule has 6 heteroatoms. The van der Waals surface area contributed by atoms with Crippen molar-refractivity contribution in [3.63, 3.8) is 0 Å². The standard InChI is InChI=1S/C25H33NO5/c1-3-30-24(28)25(18-21-5-4-6-23(17-21)29-2)11-13-26(14-12-25)19-20-7-9-22(10-8-20)31-16-15-27/h4-10,17,27H,3,11-16,18-19H2,1-2H3. The Bertz CT molecular complexity index is 828. The topological polar surface area (TPSA) is 68.2 Å². The maximum atomic E-state index is 13.0. The molecule has 2 aromatic carbocycles. The van der Waals surface area contributed by atoms with Gasteiger partial charge in [-0.05, 0) is 74.7 Å². The van der Waals surface area contributed by atoms with Crippen LogP contribution < -0.4 is 9.47 Å². The van der Waals surface area contributed by atoms with Gasteiger partial charge in [0.25, 0.3) is 0 Å². The zero-order valence-electron chi connectivity index (χ0n) is 18.5. The number of hydrogen-bond donors (Lipinski definition) is 1. The van der Waals surface area contributed by atoms with Crippen molar-refractivity contribution in [1.82, 2.24) is 4.90 Å². The van der Waals surface area contributed by atoms with Crippen molar-refractivity contribution in [2.75, 3.05) is 40.0 Å². The minimum Gasteiger partial charge on any atom is -0.497 e. The van der Waals surface area contributed by atoms with E-state index in [4.69, 9.17) is 19.3 Å². The minimum atomic E-state index is -0.499. The van der Waals surface area contributed by atoms with Crippen molar-refractivity contribution in [2.45, 2.75) is 32.7 Å². The molecule has 2 aromatic rings.